The van der Waals surface area contributed by atoms with Crippen LogP contribution in [-0.4, -0.2) is 40.5 Å². The van der Waals surface area contributed by atoms with Crippen LogP contribution < -0.4 is 22.4 Å². The summed E-state index contributed by atoms with van der Waals surface area (Å²) in [7, 11) is 0. The molecule has 0 aromatic heterocycles. The fourth-order valence-corrected chi connectivity index (χ4v) is 5.52. The molecule has 1 aliphatic heterocycles. The molecule has 2 aromatic rings. The first kappa shape index (κ1) is 31.7. The molecule has 0 aliphatic carbocycles. The first-order chi connectivity index (χ1) is 19.5. The van der Waals surface area contributed by atoms with Gasteiger partial charge in [-0.05, 0) is 55.5 Å². The molecule has 2 unspecified atom stereocenters. The summed E-state index contributed by atoms with van der Waals surface area (Å²) >= 11 is 0. The first-order valence-electron chi connectivity index (χ1n) is 14.1. The van der Waals surface area contributed by atoms with Gasteiger partial charge in [0.25, 0.3) is 11.8 Å². The summed E-state index contributed by atoms with van der Waals surface area (Å²) in [6.07, 6.45) is 4.94. The van der Waals surface area contributed by atoms with Crippen molar-refractivity contribution in [3.63, 3.8) is 0 Å². The summed E-state index contributed by atoms with van der Waals surface area (Å²) in [5.41, 5.74) is 8.24. The Kier molecular flexibility index (Phi) is 10.9. The Balaban J connectivity index is 2.00. The number of carbonyl (C=O) groups is 2. The molecule has 0 saturated heterocycles. The maximum absolute atomic E-state index is 14.2. The predicted octanol–water partition coefficient (Wildman–Crippen LogP) is 4.54. The van der Waals surface area contributed by atoms with E-state index in [9.17, 15) is 18.4 Å². The normalized spacial score (nSPS) is 18.7. The van der Waals surface area contributed by atoms with E-state index >= 15 is 0 Å². The highest BCUT2D eigenvalue weighted by atomic mass is 19.1. The van der Waals surface area contributed by atoms with Crippen molar-refractivity contribution in [2.24, 2.45) is 27.6 Å². The van der Waals surface area contributed by atoms with Gasteiger partial charge >= 0.3 is 0 Å². The number of rotatable bonds is 14. The highest BCUT2D eigenvalue weighted by Gasteiger charge is 2.48. The minimum Gasteiger partial charge on any atom is -0.384 e. The molecule has 0 radical (unpaired) electrons. The Morgan fingerprint density at radius 1 is 1.10 bits per heavy atom. The van der Waals surface area contributed by atoms with E-state index in [-0.39, 0.29) is 47.4 Å². The molecule has 2 aromatic carbocycles. The fraction of sp³-hybridized carbons (Fsp3) is 0.467. The third-order valence-corrected chi connectivity index (χ3v) is 7.28. The molecule has 41 heavy (non-hydrogen) atoms. The lowest BCUT2D eigenvalue weighted by atomic mass is 9.90. The number of hydrogen-bond donors (Lipinski definition) is 4. The minimum atomic E-state index is -0.924. The molecule has 6 N–H and O–H groups in total. The molecule has 11 heteroatoms. The molecule has 9 nitrogen and oxygen atoms in total. The Bertz CT molecular complexity index is 1260. The Morgan fingerprint density at radius 3 is 2.34 bits per heavy atom. The summed E-state index contributed by atoms with van der Waals surface area (Å²) in [6, 6.07) is 9.76. The van der Waals surface area contributed by atoms with Crippen molar-refractivity contribution in [1.82, 2.24) is 15.8 Å². The van der Waals surface area contributed by atoms with Crippen molar-refractivity contribution < 1.29 is 18.4 Å². The van der Waals surface area contributed by atoms with Gasteiger partial charge in [-0.25, -0.2) is 20.2 Å². The van der Waals surface area contributed by atoms with Gasteiger partial charge in [0.05, 0.1) is 12.6 Å². The molecule has 0 saturated carbocycles. The van der Waals surface area contributed by atoms with Crippen molar-refractivity contribution in [1.29, 1.82) is 0 Å². The third kappa shape index (κ3) is 7.87. The van der Waals surface area contributed by atoms with Gasteiger partial charge in [0.2, 0.25) is 0 Å². The molecule has 0 spiro atoms. The van der Waals surface area contributed by atoms with Crippen LogP contribution in [0.3, 0.4) is 0 Å². The fourth-order valence-electron chi connectivity index (χ4n) is 5.52. The second-order valence-corrected chi connectivity index (χ2v) is 10.8. The zero-order chi connectivity index (χ0) is 30.2. The summed E-state index contributed by atoms with van der Waals surface area (Å²) in [5, 5.41) is 6.28. The van der Waals surface area contributed by atoms with E-state index in [1.807, 2.05) is 19.1 Å². The van der Waals surface area contributed by atoms with E-state index < -0.39 is 17.3 Å². The molecule has 0 bridgehead atoms. The number of benzene rings is 2. The maximum Gasteiger partial charge on any atom is 0.275 e. The molecule has 1 heterocycles. The highest BCUT2D eigenvalue weighted by molar-refractivity contribution is 6.46. The van der Waals surface area contributed by atoms with Gasteiger partial charge in [0.15, 0.2) is 0 Å². The van der Waals surface area contributed by atoms with Crippen LogP contribution in [0.25, 0.3) is 0 Å². The van der Waals surface area contributed by atoms with Crippen LogP contribution in [-0.2, 0) is 4.79 Å². The quantitative estimate of drug-likeness (QED) is 0.115. The van der Waals surface area contributed by atoms with Crippen LogP contribution in [0.1, 0.15) is 93.7 Å². The van der Waals surface area contributed by atoms with Gasteiger partial charge in [0, 0.05) is 17.2 Å². The number of carbonyl (C=O) groups excluding carboxylic acids is 2. The standard InChI is InChI=1S/C30H41F2N7O2/c1-5-7-9-25(20-10-12-21(13-11-20)28(40)35-18-26(33)37-38-34)39-29(41)27(22-14-23(31)16-24(32)15-22)36-30(39,4)17-19(3)8-6-2/h10-16,19,25,38H,5-9,17-18,34H2,1-4H3,(H2,33,37)(H,35,40)/t19?,25-,30?/m1/s1. The predicted molar refractivity (Wildman–Crippen MR) is 157 cm³/mol. The number of aliphatic imine (C=N–C) groups is 1. The zero-order valence-electron chi connectivity index (χ0n) is 24.2. The summed E-state index contributed by atoms with van der Waals surface area (Å²) in [4.78, 5) is 33.4. The van der Waals surface area contributed by atoms with E-state index in [1.54, 1.807) is 17.0 Å². The van der Waals surface area contributed by atoms with Gasteiger partial charge in [-0.3, -0.25) is 14.6 Å². The molecule has 3 atom stereocenters. The van der Waals surface area contributed by atoms with Crippen molar-refractivity contribution in [3.05, 3.63) is 70.8 Å². The van der Waals surface area contributed by atoms with Crippen molar-refractivity contribution >= 4 is 23.4 Å². The second kappa shape index (κ2) is 14.2. The lowest BCUT2D eigenvalue weighted by molar-refractivity contribution is -0.131. The van der Waals surface area contributed by atoms with Crippen LogP contribution >= 0.6 is 0 Å². The van der Waals surface area contributed by atoms with Gasteiger partial charge < -0.3 is 16.0 Å². The van der Waals surface area contributed by atoms with Crippen LogP contribution in [0.5, 0.6) is 0 Å². The number of hydrazone groups is 1. The smallest absolute Gasteiger partial charge is 0.275 e. The maximum atomic E-state index is 14.2. The minimum absolute atomic E-state index is 0.0152. The van der Waals surface area contributed by atoms with Gasteiger partial charge in [-0.1, -0.05) is 58.6 Å². The number of nitrogens with one attached hydrogen (secondary N) is 2. The molecular weight excluding hydrogens is 528 g/mol. The number of hydrazine groups is 1. The van der Waals surface area contributed by atoms with Crippen molar-refractivity contribution in [2.75, 3.05) is 6.54 Å². The topological polar surface area (TPSA) is 138 Å². The SMILES string of the molecule is CCCC[C@H](c1ccc(C(=O)NC/C(N)=N/NN)cc1)N1C(=O)C(c2cc(F)cc(F)c2)=NC1(C)CC(C)CCC. The molecule has 2 amide bonds. The summed E-state index contributed by atoms with van der Waals surface area (Å²) in [5.74, 6) is 3.24. The van der Waals surface area contributed by atoms with Crippen LogP contribution in [0.4, 0.5) is 8.78 Å². The van der Waals surface area contributed by atoms with Crippen molar-refractivity contribution in [2.45, 2.75) is 77.9 Å². The Morgan fingerprint density at radius 2 is 1.76 bits per heavy atom. The number of nitrogens with zero attached hydrogens (tertiary/aromatic N) is 3. The Labute approximate surface area is 240 Å². The second-order valence-electron chi connectivity index (χ2n) is 10.8. The molecular formula is C30H41F2N7O2. The lowest BCUT2D eigenvalue weighted by Gasteiger charge is -2.41. The molecule has 3 rings (SSSR count). The van der Waals surface area contributed by atoms with Gasteiger partial charge in [-0.15, -0.1) is 0 Å². The number of unbranched alkanes of at least 4 members (excludes halogenated alkanes) is 1. The molecule has 1 aliphatic rings. The zero-order valence-corrected chi connectivity index (χ0v) is 24.2. The van der Waals surface area contributed by atoms with Crippen LogP contribution in [0, 0.1) is 17.6 Å². The van der Waals surface area contributed by atoms with E-state index in [2.05, 4.69) is 36.7 Å². The summed E-state index contributed by atoms with van der Waals surface area (Å²) < 4.78 is 28.3. The number of halogens is 2. The Hall–Kier alpha value is -3.86. The van der Waals surface area contributed by atoms with E-state index in [4.69, 9.17) is 16.6 Å². The van der Waals surface area contributed by atoms with Gasteiger partial charge in [0.1, 0.15) is 28.8 Å². The lowest BCUT2D eigenvalue weighted by Crippen LogP contribution is -2.48. The number of amides is 2. The number of hydrogen-bond acceptors (Lipinski definition) is 6. The largest absolute Gasteiger partial charge is 0.384 e. The highest BCUT2D eigenvalue weighted by Crippen LogP contribution is 2.42. The van der Waals surface area contributed by atoms with Crippen LogP contribution in [0.15, 0.2) is 52.6 Å². The van der Waals surface area contributed by atoms with Crippen LogP contribution in [0.2, 0.25) is 0 Å². The third-order valence-electron chi connectivity index (χ3n) is 7.28. The van der Waals surface area contributed by atoms with Crippen molar-refractivity contribution in [3.8, 4) is 0 Å². The average Bonchev–Trinajstić information content (AvgIpc) is 3.17. The number of nitrogens with two attached hydrogens (primary N) is 2. The molecule has 222 valence electrons. The van der Waals surface area contributed by atoms with E-state index in [0.717, 1.165) is 49.4 Å². The van der Waals surface area contributed by atoms with E-state index in [1.165, 1.54) is 0 Å². The average molecular weight is 570 g/mol. The van der Waals surface area contributed by atoms with E-state index in [0.29, 0.717) is 18.4 Å². The summed E-state index contributed by atoms with van der Waals surface area (Å²) in [6.45, 7) is 8.25. The van der Waals surface area contributed by atoms with Gasteiger partial charge in [-0.2, -0.15) is 5.10 Å². The number of amidine groups is 1. The molecule has 0 fully saturated rings. The first-order valence-corrected chi connectivity index (χ1v) is 14.1. The monoisotopic (exact) mass is 569 g/mol.